The molecule has 296 valence electrons. The Labute approximate surface area is 361 Å². The van der Waals surface area contributed by atoms with E-state index in [9.17, 15) is 0 Å². The van der Waals surface area contributed by atoms with Crippen molar-refractivity contribution >= 4 is 17.1 Å². The van der Waals surface area contributed by atoms with Gasteiger partial charge in [0.15, 0.2) is 0 Å². The van der Waals surface area contributed by atoms with Gasteiger partial charge in [-0.25, -0.2) is 0 Å². The zero-order chi connectivity index (χ0) is 41.1. The minimum absolute atomic E-state index is 0.00800. The summed E-state index contributed by atoms with van der Waals surface area (Å²) >= 11 is 0. The average molecular weight is 786 g/mol. The molecule has 0 radical (unpaired) electrons. The van der Waals surface area contributed by atoms with Crippen molar-refractivity contribution in [1.82, 2.24) is 0 Å². The predicted molar refractivity (Wildman–Crippen MR) is 256 cm³/mol. The molecule has 0 heterocycles. The largest absolute Gasteiger partial charge is 0.310 e. The molecule has 61 heavy (non-hydrogen) atoms. The first kappa shape index (κ1) is 36.4. The summed E-state index contributed by atoms with van der Waals surface area (Å²) < 4.78 is 0. The van der Waals surface area contributed by atoms with Gasteiger partial charge >= 0.3 is 0 Å². The number of para-hydroxylation sites is 1. The highest BCUT2D eigenvalue weighted by Crippen LogP contribution is 2.59. The molecule has 1 nitrogen and oxygen atoms in total. The molecule has 1 fully saturated rings. The van der Waals surface area contributed by atoms with E-state index in [0.717, 1.165) is 5.69 Å². The Morgan fingerprint density at radius 1 is 0.344 bits per heavy atom. The third-order valence-corrected chi connectivity index (χ3v) is 15.3. The standard InChI is InChI=1S/C60H51N/c1-58(2)51-23-11-7-18-44(51)49-37-40(29-34-52(49)58)39-27-30-41(31-28-39)61(42-32-33-45-43-17-6-10-22-50(43)59(3,4)55(45)38-42)56-26-13-9-19-46(56)47-21-16-25-54-57(47)48-20-8-12-24-53(48)60(54)35-14-5-15-36-60/h6-13,16-34,37-38H,5,14-15,35-36H2,1-4H3. The number of anilines is 3. The van der Waals surface area contributed by atoms with Gasteiger partial charge in [0, 0.05) is 33.2 Å². The minimum Gasteiger partial charge on any atom is -0.310 e. The normalized spacial score (nSPS) is 16.6. The second-order valence-electron chi connectivity index (χ2n) is 19.1. The van der Waals surface area contributed by atoms with Gasteiger partial charge < -0.3 is 4.90 Å². The summed E-state index contributed by atoms with van der Waals surface area (Å²) in [5, 5.41) is 0. The molecule has 1 heteroatoms. The Morgan fingerprint density at radius 2 is 0.869 bits per heavy atom. The summed E-state index contributed by atoms with van der Waals surface area (Å²) in [6.45, 7) is 9.48. The highest BCUT2D eigenvalue weighted by Gasteiger charge is 2.45. The van der Waals surface area contributed by atoms with Crippen LogP contribution in [0.2, 0.25) is 0 Å². The van der Waals surface area contributed by atoms with Crippen molar-refractivity contribution in [3.05, 3.63) is 209 Å². The van der Waals surface area contributed by atoms with Crippen molar-refractivity contribution in [3.8, 4) is 55.6 Å². The molecule has 0 atom stereocenters. The smallest absolute Gasteiger partial charge is 0.0540 e. The molecule has 1 saturated carbocycles. The van der Waals surface area contributed by atoms with Crippen molar-refractivity contribution in [2.75, 3.05) is 4.90 Å². The first-order chi connectivity index (χ1) is 29.8. The molecule has 0 N–H and O–H groups in total. The summed E-state index contributed by atoms with van der Waals surface area (Å²) in [5.74, 6) is 0. The van der Waals surface area contributed by atoms with Gasteiger partial charge in [0.1, 0.15) is 0 Å². The molecular weight excluding hydrogens is 735 g/mol. The lowest BCUT2D eigenvalue weighted by Crippen LogP contribution is -2.27. The molecule has 4 aliphatic carbocycles. The van der Waals surface area contributed by atoms with E-state index < -0.39 is 0 Å². The van der Waals surface area contributed by atoms with Crippen LogP contribution in [0.25, 0.3) is 55.6 Å². The van der Waals surface area contributed by atoms with E-state index >= 15 is 0 Å². The van der Waals surface area contributed by atoms with Gasteiger partial charge in [0.25, 0.3) is 0 Å². The van der Waals surface area contributed by atoms with E-state index in [4.69, 9.17) is 0 Å². The summed E-state index contributed by atoms with van der Waals surface area (Å²) in [4.78, 5) is 2.52. The quantitative estimate of drug-likeness (QED) is 0.168. The van der Waals surface area contributed by atoms with Crippen molar-refractivity contribution in [2.24, 2.45) is 0 Å². The van der Waals surface area contributed by atoms with Crippen molar-refractivity contribution < 1.29 is 0 Å². The van der Waals surface area contributed by atoms with Crippen LogP contribution in [0.3, 0.4) is 0 Å². The Morgan fingerprint density at radius 3 is 1.61 bits per heavy atom. The predicted octanol–water partition coefficient (Wildman–Crippen LogP) is 16.3. The number of nitrogens with zero attached hydrogens (tertiary/aromatic N) is 1. The Hall–Kier alpha value is -6.44. The third-order valence-electron chi connectivity index (χ3n) is 15.3. The molecule has 8 aromatic carbocycles. The molecule has 12 rings (SSSR count). The molecule has 0 aromatic heterocycles. The summed E-state index contributed by atoms with van der Waals surface area (Å²) in [6.07, 6.45) is 6.35. The van der Waals surface area contributed by atoms with Crippen LogP contribution in [-0.2, 0) is 16.2 Å². The molecule has 0 saturated heterocycles. The van der Waals surface area contributed by atoms with Gasteiger partial charge in [-0.1, -0.05) is 186 Å². The fraction of sp³-hybridized carbons (Fsp3) is 0.200. The second-order valence-corrected chi connectivity index (χ2v) is 19.1. The van der Waals surface area contributed by atoms with Crippen molar-refractivity contribution in [2.45, 2.75) is 76.0 Å². The minimum atomic E-state index is -0.115. The summed E-state index contributed by atoms with van der Waals surface area (Å²) in [7, 11) is 0. The van der Waals surface area contributed by atoms with Gasteiger partial charge in [-0.2, -0.15) is 0 Å². The van der Waals surface area contributed by atoms with Crippen molar-refractivity contribution in [3.63, 3.8) is 0 Å². The molecule has 0 bridgehead atoms. The maximum Gasteiger partial charge on any atom is 0.0540 e. The Kier molecular flexibility index (Phi) is 7.93. The number of fused-ring (bicyclic) bond motifs is 11. The fourth-order valence-electron chi connectivity index (χ4n) is 12.3. The molecule has 0 unspecified atom stereocenters. The highest BCUT2D eigenvalue weighted by molar-refractivity contribution is 5.99. The van der Waals surface area contributed by atoms with Gasteiger partial charge in [-0.3, -0.25) is 0 Å². The van der Waals surface area contributed by atoms with E-state index in [-0.39, 0.29) is 16.2 Å². The number of rotatable bonds is 5. The van der Waals surface area contributed by atoms with Crippen LogP contribution in [0.15, 0.2) is 176 Å². The highest BCUT2D eigenvalue weighted by atomic mass is 15.1. The number of benzene rings is 8. The van der Waals surface area contributed by atoms with E-state index in [1.807, 2.05) is 0 Å². The number of hydrogen-bond donors (Lipinski definition) is 0. The Bertz CT molecular complexity index is 3060. The van der Waals surface area contributed by atoms with Crippen LogP contribution in [0.5, 0.6) is 0 Å². The lowest BCUT2D eigenvalue weighted by Gasteiger charge is -2.36. The monoisotopic (exact) mass is 785 g/mol. The van der Waals surface area contributed by atoms with Crippen LogP contribution in [0.4, 0.5) is 17.1 Å². The maximum atomic E-state index is 2.52. The van der Waals surface area contributed by atoms with E-state index in [2.05, 4.69) is 209 Å². The molecule has 8 aromatic rings. The zero-order valence-electron chi connectivity index (χ0n) is 35.7. The van der Waals surface area contributed by atoms with Crippen LogP contribution in [-0.4, -0.2) is 0 Å². The first-order valence-corrected chi connectivity index (χ1v) is 22.5. The fourth-order valence-corrected chi connectivity index (χ4v) is 12.3. The van der Waals surface area contributed by atoms with Crippen LogP contribution < -0.4 is 4.90 Å². The molecule has 1 spiro atoms. The van der Waals surface area contributed by atoms with Gasteiger partial charge in [0.2, 0.25) is 0 Å². The average Bonchev–Trinajstić information content (AvgIpc) is 3.81. The summed E-state index contributed by atoms with van der Waals surface area (Å²) in [6, 6.07) is 67.2. The lowest BCUT2D eigenvalue weighted by atomic mass is 9.68. The number of hydrogen-bond acceptors (Lipinski definition) is 1. The topological polar surface area (TPSA) is 3.24 Å². The second kappa shape index (κ2) is 13.3. The van der Waals surface area contributed by atoms with Crippen LogP contribution in [0.1, 0.15) is 93.2 Å². The zero-order valence-corrected chi connectivity index (χ0v) is 35.7. The first-order valence-electron chi connectivity index (χ1n) is 22.5. The molecule has 0 amide bonds. The lowest BCUT2D eigenvalue weighted by molar-refractivity contribution is 0.353. The SMILES string of the molecule is CC1(C)c2ccccc2-c2cc(-c3ccc(N(c4ccc5c(c4)C(C)(C)c4ccccc4-5)c4ccccc4-c4cccc5c4-c4ccccc4C54CCCCC4)cc3)ccc21. The van der Waals surface area contributed by atoms with E-state index in [0.29, 0.717) is 0 Å². The van der Waals surface area contributed by atoms with Crippen LogP contribution in [0, 0.1) is 0 Å². The molecule has 0 aliphatic heterocycles. The van der Waals surface area contributed by atoms with Gasteiger partial charge in [-0.05, 0) is 133 Å². The van der Waals surface area contributed by atoms with Crippen LogP contribution >= 0.6 is 0 Å². The maximum absolute atomic E-state index is 2.52. The molecular formula is C60H51N. The van der Waals surface area contributed by atoms with Gasteiger partial charge in [-0.15, -0.1) is 0 Å². The van der Waals surface area contributed by atoms with E-state index in [1.54, 1.807) is 0 Å². The van der Waals surface area contributed by atoms with E-state index in [1.165, 1.54) is 132 Å². The van der Waals surface area contributed by atoms with Gasteiger partial charge in [0.05, 0.1) is 5.69 Å². The summed E-state index contributed by atoms with van der Waals surface area (Å²) in [5.41, 5.74) is 25.4. The Balaban J connectivity index is 1.03. The third kappa shape index (κ3) is 5.19. The van der Waals surface area contributed by atoms with Crippen molar-refractivity contribution in [1.29, 1.82) is 0 Å². The molecule has 4 aliphatic rings.